The van der Waals surface area contributed by atoms with Gasteiger partial charge in [-0.2, -0.15) is 0 Å². The predicted molar refractivity (Wildman–Crippen MR) is 89.4 cm³/mol. The molecule has 0 spiro atoms. The lowest BCUT2D eigenvalue weighted by atomic mass is 9.98. The zero-order valence-corrected chi connectivity index (χ0v) is 15.1. The topological polar surface area (TPSA) is 39.7 Å². The number of hydrogen-bond donors (Lipinski definition) is 1. The molecule has 0 radical (unpaired) electrons. The van der Waals surface area contributed by atoms with Gasteiger partial charge in [-0.05, 0) is 47.4 Å². The smallest absolute Gasteiger partial charge is 0.141 e. The normalized spacial score (nSPS) is 13.8. The van der Waals surface area contributed by atoms with Crippen LogP contribution >= 0.6 is 15.9 Å². The Hall–Kier alpha value is -0.780. The van der Waals surface area contributed by atoms with Gasteiger partial charge in [0, 0.05) is 12.7 Å². The maximum absolute atomic E-state index is 5.64. The standard InChI is InChI=1S/C16H26BrNO3/c1-6-10-18-15(12(7-2)19-3)11-8-9-13(20-4)14(17)16(11)21-5/h8-9,12,15,18H,6-7,10H2,1-5H3. The second-order valence-corrected chi connectivity index (χ2v) is 5.61. The summed E-state index contributed by atoms with van der Waals surface area (Å²) in [7, 11) is 5.07. The number of ether oxygens (including phenoxy) is 3. The van der Waals surface area contributed by atoms with Crippen LogP contribution in [-0.4, -0.2) is 34.0 Å². The third-order valence-corrected chi connectivity index (χ3v) is 4.29. The van der Waals surface area contributed by atoms with E-state index in [-0.39, 0.29) is 12.1 Å². The number of halogens is 1. The first-order valence-corrected chi connectivity index (χ1v) is 8.10. The first-order valence-electron chi connectivity index (χ1n) is 7.31. The molecule has 0 bridgehead atoms. The van der Waals surface area contributed by atoms with E-state index in [4.69, 9.17) is 14.2 Å². The average Bonchev–Trinajstić information content (AvgIpc) is 2.51. The number of rotatable bonds is 9. The molecule has 0 aromatic heterocycles. The number of methoxy groups -OCH3 is 3. The summed E-state index contributed by atoms with van der Waals surface area (Å²) < 4.78 is 17.4. The minimum Gasteiger partial charge on any atom is -0.495 e. The summed E-state index contributed by atoms with van der Waals surface area (Å²) in [6, 6.07) is 4.07. The van der Waals surface area contributed by atoms with Crippen molar-refractivity contribution < 1.29 is 14.2 Å². The van der Waals surface area contributed by atoms with Gasteiger partial charge < -0.3 is 19.5 Å². The van der Waals surface area contributed by atoms with Crippen molar-refractivity contribution in [3.8, 4) is 11.5 Å². The quantitative estimate of drug-likeness (QED) is 0.724. The van der Waals surface area contributed by atoms with Gasteiger partial charge in [0.1, 0.15) is 16.0 Å². The van der Waals surface area contributed by atoms with Gasteiger partial charge in [0.15, 0.2) is 0 Å². The van der Waals surface area contributed by atoms with Gasteiger partial charge in [-0.1, -0.05) is 13.8 Å². The largest absolute Gasteiger partial charge is 0.495 e. The molecule has 0 aliphatic rings. The molecule has 4 nitrogen and oxygen atoms in total. The van der Waals surface area contributed by atoms with Crippen LogP contribution in [0.1, 0.15) is 38.3 Å². The SMILES string of the molecule is CCCNC(c1ccc(OC)c(Br)c1OC)C(CC)OC. The molecule has 1 aromatic carbocycles. The summed E-state index contributed by atoms with van der Waals surface area (Å²) in [6.45, 7) is 5.20. The summed E-state index contributed by atoms with van der Waals surface area (Å²) in [5.74, 6) is 1.55. The number of nitrogens with one attached hydrogen (secondary N) is 1. The van der Waals surface area contributed by atoms with Crippen molar-refractivity contribution in [2.75, 3.05) is 27.9 Å². The monoisotopic (exact) mass is 359 g/mol. The lowest BCUT2D eigenvalue weighted by molar-refractivity contribution is 0.0642. The lowest BCUT2D eigenvalue weighted by Gasteiger charge is -2.28. The Morgan fingerprint density at radius 3 is 2.33 bits per heavy atom. The van der Waals surface area contributed by atoms with Crippen LogP contribution in [0.2, 0.25) is 0 Å². The third kappa shape index (κ3) is 4.34. The number of hydrogen-bond acceptors (Lipinski definition) is 4. The third-order valence-electron chi connectivity index (χ3n) is 3.54. The van der Waals surface area contributed by atoms with E-state index in [1.807, 2.05) is 12.1 Å². The molecule has 0 saturated carbocycles. The van der Waals surface area contributed by atoms with Crippen LogP contribution in [0.25, 0.3) is 0 Å². The van der Waals surface area contributed by atoms with Crippen LogP contribution in [-0.2, 0) is 4.74 Å². The Labute approximate surface area is 136 Å². The summed E-state index contributed by atoms with van der Waals surface area (Å²) in [6.07, 6.45) is 2.08. The van der Waals surface area contributed by atoms with Gasteiger partial charge in [0.05, 0.1) is 26.4 Å². The highest BCUT2D eigenvalue weighted by Crippen LogP contribution is 2.41. The van der Waals surface area contributed by atoms with Gasteiger partial charge in [0.25, 0.3) is 0 Å². The first-order chi connectivity index (χ1) is 10.1. The molecule has 1 rings (SSSR count). The molecule has 0 amide bonds. The van der Waals surface area contributed by atoms with Gasteiger partial charge in [-0.25, -0.2) is 0 Å². The van der Waals surface area contributed by atoms with E-state index in [0.717, 1.165) is 40.9 Å². The fourth-order valence-corrected chi connectivity index (χ4v) is 3.13. The van der Waals surface area contributed by atoms with Crippen LogP contribution in [0.3, 0.4) is 0 Å². The van der Waals surface area contributed by atoms with E-state index in [2.05, 4.69) is 35.1 Å². The summed E-state index contributed by atoms with van der Waals surface area (Å²) in [5, 5.41) is 3.56. The van der Waals surface area contributed by atoms with Crippen LogP contribution < -0.4 is 14.8 Å². The molecular formula is C16H26BrNO3. The minimum absolute atomic E-state index is 0.0807. The van der Waals surface area contributed by atoms with Gasteiger partial charge in [-0.3, -0.25) is 0 Å². The molecule has 0 saturated heterocycles. The van der Waals surface area contributed by atoms with E-state index in [1.54, 1.807) is 21.3 Å². The predicted octanol–water partition coefficient (Wildman–Crippen LogP) is 3.93. The van der Waals surface area contributed by atoms with Crippen molar-refractivity contribution in [2.24, 2.45) is 0 Å². The van der Waals surface area contributed by atoms with Gasteiger partial charge in [0.2, 0.25) is 0 Å². The Balaban J connectivity index is 3.25. The molecule has 120 valence electrons. The molecule has 21 heavy (non-hydrogen) atoms. The van der Waals surface area contributed by atoms with E-state index >= 15 is 0 Å². The second-order valence-electron chi connectivity index (χ2n) is 4.82. The van der Waals surface area contributed by atoms with Crippen LogP contribution in [0.15, 0.2) is 16.6 Å². The Morgan fingerprint density at radius 1 is 1.14 bits per heavy atom. The van der Waals surface area contributed by atoms with Gasteiger partial charge in [-0.15, -0.1) is 0 Å². The van der Waals surface area contributed by atoms with Crippen LogP contribution in [0.4, 0.5) is 0 Å². The van der Waals surface area contributed by atoms with E-state index < -0.39 is 0 Å². The van der Waals surface area contributed by atoms with Crippen molar-refractivity contribution >= 4 is 15.9 Å². The molecule has 0 heterocycles. The fourth-order valence-electron chi connectivity index (χ4n) is 2.44. The molecule has 5 heteroatoms. The van der Waals surface area contributed by atoms with Crippen molar-refractivity contribution in [3.05, 3.63) is 22.2 Å². The zero-order valence-electron chi connectivity index (χ0n) is 13.5. The van der Waals surface area contributed by atoms with E-state index in [9.17, 15) is 0 Å². The maximum atomic E-state index is 5.64. The lowest BCUT2D eigenvalue weighted by Crippen LogP contribution is -2.33. The molecular weight excluding hydrogens is 334 g/mol. The van der Waals surface area contributed by atoms with Crippen LogP contribution in [0.5, 0.6) is 11.5 Å². The van der Waals surface area contributed by atoms with Crippen LogP contribution in [0, 0.1) is 0 Å². The summed E-state index contributed by atoms with van der Waals surface area (Å²) >= 11 is 3.56. The Kier molecular flexibility index (Phi) is 8.07. The Morgan fingerprint density at radius 2 is 1.86 bits per heavy atom. The molecule has 2 atom stereocenters. The first kappa shape index (κ1) is 18.3. The minimum atomic E-state index is 0.0807. The molecule has 1 N–H and O–H groups in total. The van der Waals surface area contributed by atoms with E-state index in [0.29, 0.717) is 0 Å². The van der Waals surface area contributed by atoms with Gasteiger partial charge >= 0.3 is 0 Å². The average molecular weight is 360 g/mol. The van der Waals surface area contributed by atoms with Crippen molar-refractivity contribution in [1.29, 1.82) is 0 Å². The molecule has 0 aliphatic carbocycles. The fraction of sp³-hybridized carbons (Fsp3) is 0.625. The maximum Gasteiger partial charge on any atom is 0.141 e. The molecule has 0 fully saturated rings. The molecule has 2 unspecified atom stereocenters. The van der Waals surface area contributed by atoms with E-state index in [1.165, 1.54) is 0 Å². The van der Waals surface area contributed by atoms with Crippen molar-refractivity contribution in [3.63, 3.8) is 0 Å². The highest BCUT2D eigenvalue weighted by molar-refractivity contribution is 9.10. The highest BCUT2D eigenvalue weighted by Gasteiger charge is 2.26. The molecule has 1 aromatic rings. The molecule has 0 aliphatic heterocycles. The highest BCUT2D eigenvalue weighted by atomic mass is 79.9. The number of benzene rings is 1. The second kappa shape index (κ2) is 9.28. The summed E-state index contributed by atoms with van der Waals surface area (Å²) in [4.78, 5) is 0. The zero-order chi connectivity index (χ0) is 15.8. The Bertz CT molecular complexity index is 436. The van der Waals surface area contributed by atoms with Crippen molar-refractivity contribution in [1.82, 2.24) is 5.32 Å². The summed E-state index contributed by atoms with van der Waals surface area (Å²) in [5.41, 5.74) is 1.08. The van der Waals surface area contributed by atoms with Crippen molar-refractivity contribution in [2.45, 2.75) is 38.8 Å².